The number of carboxylic acid groups (broad SMARTS) is 2. The maximum Gasteiger partial charge on any atom is 0.326 e. The monoisotopic (exact) mass is 1580 g/mol. The van der Waals surface area contributed by atoms with Crippen LogP contribution in [0.5, 0.6) is 0 Å². The van der Waals surface area contributed by atoms with Gasteiger partial charge in [0, 0.05) is 18.7 Å². The number of aliphatic hydroxyl groups excluding tert-OH is 4. The van der Waals surface area contributed by atoms with Gasteiger partial charge in [0.25, 0.3) is 0 Å². The number of thiol groups is 1. The molecule has 1 aliphatic heterocycles. The summed E-state index contributed by atoms with van der Waals surface area (Å²) >= 11 is 4.05. The van der Waals surface area contributed by atoms with Crippen molar-refractivity contribution < 1.29 is 122 Å². The molecule has 17 atom stereocenters. The predicted octanol–water partition coefficient (Wildman–Crippen LogP) is -11.6. The predicted molar refractivity (Wildman–Crippen MR) is 383 cm³/mol. The lowest BCUT2D eigenvalue weighted by Gasteiger charge is -2.30. The lowest BCUT2D eigenvalue weighted by atomic mass is 9.97. The zero-order chi connectivity index (χ0) is 83.4. The lowest BCUT2D eigenvalue weighted by Crippen LogP contribution is -2.63. The Morgan fingerprint density at radius 1 is 0.468 bits per heavy atom. The molecular weight excluding hydrogens is 1470 g/mol. The summed E-state index contributed by atoms with van der Waals surface area (Å²) in [6.45, 7) is 8.56. The van der Waals surface area contributed by atoms with E-state index in [2.05, 4.69) is 76.4 Å². The Bertz CT molecular complexity index is 3220. The van der Waals surface area contributed by atoms with Crippen molar-refractivity contribution >= 4 is 125 Å². The molecule has 0 aromatic carbocycles. The van der Waals surface area contributed by atoms with Crippen molar-refractivity contribution in [2.24, 2.45) is 46.4 Å². The molecule has 1 fully saturated rings. The van der Waals surface area contributed by atoms with E-state index in [1.54, 1.807) is 20.8 Å². The maximum atomic E-state index is 14.3. The first kappa shape index (κ1) is 97.1. The molecule has 1 saturated heterocycles. The van der Waals surface area contributed by atoms with Gasteiger partial charge < -0.3 is 133 Å². The molecule has 45 heteroatoms. The minimum absolute atomic E-state index is 0.000597. The molecule has 0 spiro atoms. The van der Waals surface area contributed by atoms with E-state index in [0.29, 0.717) is 19.3 Å². The van der Waals surface area contributed by atoms with Crippen molar-refractivity contribution in [1.29, 1.82) is 0 Å². The smallest absolute Gasteiger partial charge is 0.326 e. The van der Waals surface area contributed by atoms with Gasteiger partial charge in [-0.15, -0.1) is 0 Å². The van der Waals surface area contributed by atoms with Gasteiger partial charge in [0.2, 0.25) is 100 Å². The molecule has 0 unspecified atom stereocenters. The normalized spacial score (nSPS) is 17.0. The number of likely N-dealkylation sites (tertiary alicyclic amines) is 1. The number of primary amides is 3. The first-order valence-corrected chi connectivity index (χ1v) is 35.7. The number of rotatable bonds is 51. The number of aliphatic hydroxyl groups is 4. The highest BCUT2D eigenvalue weighted by Crippen LogP contribution is 2.21. The third kappa shape index (κ3) is 33.6. The highest BCUT2D eigenvalue weighted by atomic mass is 32.1. The van der Waals surface area contributed by atoms with Crippen LogP contribution in [0.3, 0.4) is 0 Å². The number of amides is 17. The van der Waals surface area contributed by atoms with Gasteiger partial charge >= 0.3 is 11.9 Å². The van der Waals surface area contributed by atoms with E-state index in [9.17, 15) is 122 Å². The Balaban J connectivity index is 3.36. The quantitative estimate of drug-likeness (QED) is 0.0199. The molecule has 17 amide bonds. The van der Waals surface area contributed by atoms with Crippen LogP contribution in [0, 0.1) is 17.8 Å². The molecule has 0 bridgehead atoms. The average Bonchev–Trinajstić information content (AvgIpc) is 1.73. The van der Waals surface area contributed by atoms with Crippen LogP contribution in [0.15, 0.2) is 0 Å². The molecule has 1 heterocycles. The van der Waals surface area contributed by atoms with Gasteiger partial charge in [-0.3, -0.25) is 86.3 Å². The molecule has 44 nitrogen and oxygen atoms in total. The zero-order valence-corrected chi connectivity index (χ0v) is 62.8. The Kier molecular flexibility index (Phi) is 43.1. The first-order valence-electron chi connectivity index (χ1n) is 35.1. The number of nitrogens with zero attached hydrogens (tertiary/aromatic N) is 1. The molecule has 0 radical (unpaired) electrons. The van der Waals surface area contributed by atoms with Gasteiger partial charge in [-0.1, -0.05) is 48.0 Å². The van der Waals surface area contributed by atoms with Gasteiger partial charge in [-0.05, 0) is 83.1 Å². The van der Waals surface area contributed by atoms with Crippen molar-refractivity contribution in [1.82, 2.24) is 74.0 Å². The molecule has 1 rings (SSSR count). The van der Waals surface area contributed by atoms with Crippen LogP contribution in [0.25, 0.3) is 0 Å². The molecule has 0 saturated carbocycles. The summed E-state index contributed by atoms with van der Waals surface area (Å²) in [5, 5.41) is 89.7. The fraction of sp³-hybridized carbons (Fsp3) is 0.703. The van der Waals surface area contributed by atoms with Gasteiger partial charge in [-0.25, -0.2) is 4.79 Å². The summed E-state index contributed by atoms with van der Waals surface area (Å²) in [4.78, 5) is 252. The van der Waals surface area contributed by atoms with Crippen LogP contribution in [-0.2, 0) is 91.1 Å². The third-order valence-electron chi connectivity index (χ3n) is 17.0. The lowest BCUT2D eigenvalue weighted by molar-refractivity contribution is -0.144. The second-order valence-electron chi connectivity index (χ2n) is 26.8. The number of nitrogens with one attached hydrogen (secondary N) is 13. The number of hydrogen-bond donors (Lipinski definition) is 25. The molecule has 109 heavy (non-hydrogen) atoms. The number of carboxylic acids is 2. The third-order valence-corrected chi connectivity index (χ3v) is 17.4. The Hall–Kier alpha value is -9.96. The summed E-state index contributed by atoms with van der Waals surface area (Å²) in [5.74, 6) is -24.9. The number of unbranched alkanes of at least 4 members (excludes halogenated alkanes) is 1. The van der Waals surface area contributed by atoms with Crippen molar-refractivity contribution in [2.45, 2.75) is 229 Å². The number of hydrogen-bond acceptors (Lipinski definition) is 26. The minimum Gasteiger partial charge on any atom is -0.481 e. The summed E-state index contributed by atoms with van der Waals surface area (Å²) < 4.78 is 0. The number of aliphatic carboxylic acids is 2. The van der Waals surface area contributed by atoms with Crippen molar-refractivity contribution in [3.8, 4) is 0 Å². The van der Waals surface area contributed by atoms with E-state index in [1.165, 1.54) is 20.8 Å². The maximum absolute atomic E-state index is 14.3. The van der Waals surface area contributed by atoms with Crippen LogP contribution in [0.4, 0.5) is 0 Å². The summed E-state index contributed by atoms with van der Waals surface area (Å²) in [6.07, 6.45) is -4.91. The molecule has 0 aliphatic carbocycles. The second-order valence-corrected chi connectivity index (χ2v) is 27.2. The minimum atomic E-state index is -2.16. The molecule has 1 aliphatic rings. The van der Waals surface area contributed by atoms with E-state index in [0.717, 1.165) is 11.8 Å². The Morgan fingerprint density at radius 3 is 1.36 bits per heavy atom. The average molecular weight is 1580 g/mol. The van der Waals surface area contributed by atoms with Crippen LogP contribution in [0.2, 0.25) is 0 Å². The van der Waals surface area contributed by atoms with E-state index >= 15 is 0 Å². The van der Waals surface area contributed by atoms with Crippen LogP contribution < -0.4 is 97.8 Å². The van der Waals surface area contributed by atoms with Crippen molar-refractivity contribution in [2.75, 3.05) is 38.7 Å². The standard InChI is InChI=1S/C64H109N19O25S/c1-9-29(6)47(69)60(103)73-34(19-27(2)3)52(95)77-39(24-85)56(99)81-48(28(4)5)61(104)75-36(22-46(91)92)54(97)80-41(26-109)58(101)78-40(25-86)57(100)82-49(31(8)87)62(105)74-35(20-44(67)89)53(96)76-37(21-45(68)90)63(106)83-18-12-14-42(83)59(102)79-38(23-84)55(98)71-32(15-16-43(66)88)51(94)70-30(7)50(93)72-33(64(107)108)13-10-11-17-65/h27-42,47-49,84-87,109H,9-26,65,69H2,1-8H3,(H2,66,88)(H2,67,89)(H2,68,90)(H,70,94)(H,71,98)(H,72,93)(H,73,103)(H,74,105)(H,75,104)(H,76,96)(H,77,95)(H,78,101)(H,79,102)(H,80,97)(H,81,99)(H,82,100)(H,91,92)(H,107,108)/t29-,30-,31+,32-,33-,34-,35-,36-,37-,38-,39-,40-,41-,42-,47-,48-,49-/m0/s1. The Morgan fingerprint density at radius 2 is 0.890 bits per heavy atom. The van der Waals surface area contributed by atoms with Crippen molar-refractivity contribution in [3.63, 3.8) is 0 Å². The highest BCUT2D eigenvalue weighted by Gasteiger charge is 2.43. The second kappa shape index (κ2) is 48.5. The largest absolute Gasteiger partial charge is 0.481 e. The number of nitrogens with two attached hydrogens (primary N) is 5. The topological polar surface area (TPSA) is 735 Å². The van der Waals surface area contributed by atoms with Crippen molar-refractivity contribution in [3.05, 3.63) is 0 Å². The van der Waals surface area contributed by atoms with E-state index in [4.69, 9.17) is 28.7 Å². The van der Waals surface area contributed by atoms with Gasteiger partial charge in [0.1, 0.15) is 84.6 Å². The summed E-state index contributed by atoms with van der Waals surface area (Å²) in [5.41, 5.74) is 27.6. The SMILES string of the molecule is CC[C@H](C)[C@H](N)C(=O)N[C@@H](CC(C)C)C(=O)N[C@@H](CO)C(=O)N[C@H](C(=O)N[C@@H](CC(=O)O)C(=O)N[C@@H](CS)C(=O)N[C@@H](CO)C(=O)N[C@H](C(=O)N[C@@H](CC(N)=O)C(=O)N[C@@H](CC(N)=O)C(=O)N1CCC[C@H]1C(=O)N[C@@H](CO)C(=O)N[C@@H](CCC(N)=O)C(=O)N[C@@H](C)C(=O)N[C@@H](CCCCN)C(=O)O)[C@@H](C)O)C(C)C. The Labute approximate surface area is 632 Å². The summed E-state index contributed by atoms with van der Waals surface area (Å²) in [7, 11) is 0. The fourth-order valence-electron chi connectivity index (χ4n) is 10.5. The van der Waals surface area contributed by atoms with Crippen LogP contribution in [0.1, 0.15) is 132 Å². The zero-order valence-electron chi connectivity index (χ0n) is 61.9. The van der Waals surface area contributed by atoms with Crippen LogP contribution in [-0.4, -0.2) is 283 Å². The molecule has 29 N–H and O–H groups in total. The van der Waals surface area contributed by atoms with Gasteiger partial charge in [-0.2, -0.15) is 12.6 Å². The van der Waals surface area contributed by atoms with Gasteiger partial charge in [0.15, 0.2) is 0 Å². The molecule has 0 aromatic heterocycles. The molecule has 616 valence electrons. The molecule has 0 aromatic rings. The van der Waals surface area contributed by atoms with Crippen LogP contribution >= 0.6 is 12.6 Å². The molecular formula is C64H109N19O25S. The fourth-order valence-corrected chi connectivity index (χ4v) is 10.8. The number of carbonyl (C=O) groups excluding carboxylic acids is 17. The van der Waals surface area contributed by atoms with E-state index in [-0.39, 0.29) is 50.6 Å². The number of carbonyl (C=O) groups is 19. The van der Waals surface area contributed by atoms with E-state index < -0.39 is 273 Å². The summed E-state index contributed by atoms with van der Waals surface area (Å²) in [6, 6.07) is -25.7. The first-order chi connectivity index (χ1) is 50.9. The highest BCUT2D eigenvalue weighted by molar-refractivity contribution is 7.80. The van der Waals surface area contributed by atoms with E-state index in [1.807, 2.05) is 12.2 Å². The van der Waals surface area contributed by atoms with Gasteiger partial charge in [0.05, 0.1) is 51.2 Å².